The number of hydrogen-bond donors (Lipinski definition) is 0. The number of non-ortho nitro benzene ring substituents is 1. The lowest BCUT2D eigenvalue weighted by atomic mass is 10.1. The Hall–Kier alpha value is -4.34. The molecule has 10 heteroatoms. The molecule has 4 aromatic rings. The molecular weight excluding hydrogens is 424 g/mol. The molecule has 0 aliphatic rings. The lowest BCUT2D eigenvalue weighted by Gasteiger charge is -2.15. The van der Waals surface area contributed by atoms with Crippen LogP contribution in [0.2, 0.25) is 0 Å². The highest BCUT2D eigenvalue weighted by Crippen LogP contribution is 2.20. The molecule has 33 heavy (non-hydrogen) atoms. The SMILES string of the molecule is Cc1c(C(=O)N(C)CCCc2cc(-c3ccccc3)no2)nnn1-c1cccc([N+](=O)[O-])c1. The van der Waals surface area contributed by atoms with Crippen molar-refractivity contribution in [3.05, 3.63) is 87.9 Å². The smallest absolute Gasteiger partial charge is 0.276 e. The summed E-state index contributed by atoms with van der Waals surface area (Å²) in [7, 11) is 1.70. The van der Waals surface area contributed by atoms with E-state index in [9.17, 15) is 14.9 Å². The highest BCUT2D eigenvalue weighted by atomic mass is 16.6. The van der Waals surface area contributed by atoms with Gasteiger partial charge in [-0.3, -0.25) is 14.9 Å². The van der Waals surface area contributed by atoms with E-state index in [1.807, 2.05) is 36.4 Å². The molecule has 0 radical (unpaired) electrons. The summed E-state index contributed by atoms with van der Waals surface area (Å²) in [5.41, 5.74) is 2.89. The van der Waals surface area contributed by atoms with E-state index < -0.39 is 4.92 Å². The largest absolute Gasteiger partial charge is 0.361 e. The van der Waals surface area contributed by atoms with Crippen LogP contribution in [-0.2, 0) is 6.42 Å². The molecule has 0 spiro atoms. The minimum Gasteiger partial charge on any atom is -0.361 e. The molecule has 4 rings (SSSR count). The summed E-state index contributed by atoms with van der Waals surface area (Å²) in [6.07, 6.45) is 1.32. The van der Waals surface area contributed by atoms with Crippen LogP contribution in [0.15, 0.2) is 65.2 Å². The second kappa shape index (κ2) is 9.43. The molecule has 168 valence electrons. The first-order valence-electron chi connectivity index (χ1n) is 10.4. The van der Waals surface area contributed by atoms with Crippen molar-refractivity contribution in [3.8, 4) is 16.9 Å². The van der Waals surface area contributed by atoms with Crippen LogP contribution in [0.5, 0.6) is 0 Å². The van der Waals surface area contributed by atoms with Crippen molar-refractivity contribution >= 4 is 11.6 Å². The first-order chi connectivity index (χ1) is 15.9. The van der Waals surface area contributed by atoms with Crippen LogP contribution in [0, 0.1) is 17.0 Å². The summed E-state index contributed by atoms with van der Waals surface area (Å²) >= 11 is 0. The number of carbonyl (C=O) groups is 1. The van der Waals surface area contributed by atoms with E-state index in [4.69, 9.17) is 4.52 Å². The maximum absolute atomic E-state index is 12.9. The van der Waals surface area contributed by atoms with Gasteiger partial charge in [0.25, 0.3) is 11.6 Å². The van der Waals surface area contributed by atoms with E-state index in [0.717, 1.165) is 17.0 Å². The maximum Gasteiger partial charge on any atom is 0.276 e. The Kier molecular flexibility index (Phi) is 6.25. The third-order valence-electron chi connectivity index (χ3n) is 5.27. The number of amides is 1. The number of rotatable bonds is 8. The van der Waals surface area contributed by atoms with Crippen molar-refractivity contribution in [2.24, 2.45) is 0 Å². The van der Waals surface area contributed by atoms with Crippen LogP contribution in [0.25, 0.3) is 16.9 Å². The van der Waals surface area contributed by atoms with Crippen molar-refractivity contribution in [2.45, 2.75) is 19.8 Å². The molecule has 1 amide bonds. The molecule has 0 bridgehead atoms. The van der Waals surface area contributed by atoms with Crippen LogP contribution in [0.1, 0.15) is 28.4 Å². The Morgan fingerprint density at radius 1 is 1.15 bits per heavy atom. The normalized spacial score (nSPS) is 10.8. The number of benzene rings is 2. The number of nitrogens with zero attached hydrogens (tertiary/aromatic N) is 6. The quantitative estimate of drug-likeness (QED) is 0.298. The Labute approximate surface area is 189 Å². The van der Waals surface area contributed by atoms with E-state index in [-0.39, 0.29) is 17.3 Å². The molecule has 0 aliphatic carbocycles. The molecule has 10 nitrogen and oxygen atoms in total. The van der Waals surface area contributed by atoms with Gasteiger partial charge in [-0.25, -0.2) is 4.68 Å². The van der Waals surface area contributed by atoms with Gasteiger partial charge in [-0.1, -0.05) is 46.8 Å². The first-order valence-corrected chi connectivity index (χ1v) is 10.4. The molecule has 0 aliphatic heterocycles. The average Bonchev–Trinajstić information content (AvgIpc) is 3.46. The molecule has 2 aromatic heterocycles. The van der Waals surface area contributed by atoms with E-state index in [1.54, 1.807) is 31.0 Å². The minimum atomic E-state index is -0.479. The summed E-state index contributed by atoms with van der Waals surface area (Å²) in [6, 6.07) is 17.7. The van der Waals surface area contributed by atoms with Gasteiger partial charge >= 0.3 is 0 Å². The van der Waals surface area contributed by atoms with E-state index in [1.165, 1.54) is 16.8 Å². The van der Waals surface area contributed by atoms with Crippen molar-refractivity contribution in [2.75, 3.05) is 13.6 Å². The fourth-order valence-corrected chi connectivity index (χ4v) is 3.46. The lowest BCUT2D eigenvalue weighted by Crippen LogP contribution is -2.29. The van der Waals surface area contributed by atoms with Crippen molar-refractivity contribution in [3.63, 3.8) is 0 Å². The van der Waals surface area contributed by atoms with Crippen molar-refractivity contribution in [1.29, 1.82) is 0 Å². The van der Waals surface area contributed by atoms with Crippen LogP contribution >= 0.6 is 0 Å². The van der Waals surface area contributed by atoms with Crippen LogP contribution in [0.4, 0.5) is 5.69 Å². The van der Waals surface area contributed by atoms with Crippen LogP contribution in [0.3, 0.4) is 0 Å². The summed E-state index contributed by atoms with van der Waals surface area (Å²) < 4.78 is 6.84. The lowest BCUT2D eigenvalue weighted by molar-refractivity contribution is -0.384. The Morgan fingerprint density at radius 3 is 2.70 bits per heavy atom. The molecule has 0 fully saturated rings. The number of nitro groups is 1. The number of carbonyl (C=O) groups excluding carboxylic acids is 1. The van der Waals surface area contributed by atoms with Gasteiger partial charge in [0.2, 0.25) is 0 Å². The van der Waals surface area contributed by atoms with Gasteiger partial charge in [-0.05, 0) is 19.4 Å². The average molecular weight is 446 g/mol. The molecule has 2 aromatic carbocycles. The number of aryl methyl sites for hydroxylation is 1. The monoisotopic (exact) mass is 446 g/mol. The number of hydrogen-bond acceptors (Lipinski definition) is 7. The van der Waals surface area contributed by atoms with Gasteiger partial charge in [-0.15, -0.1) is 5.10 Å². The Morgan fingerprint density at radius 2 is 1.94 bits per heavy atom. The summed E-state index contributed by atoms with van der Waals surface area (Å²) in [6.45, 7) is 2.20. The molecule has 0 unspecified atom stereocenters. The Balaban J connectivity index is 1.38. The van der Waals surface area contributed by atoms with Crippen molar-refractivity contribution in [1.82, 2.24) is 25.1 Å². The summed E-state index contributed by atoms with van der Waals surface area (Å²) in [4.78, 5) is 25.0. The van der Waals surface area contributed by atoms with Gasteiger partial charge in [-0.2, -0.15) is 0 Å². The summed E-state index contributed by atoms with van der Waals surface area (Å²) in [5.74, 6) is 0.481. The molecule has 0 saturated carbocycles. The van der Waals surface area contributed by atoms with Crippen LogP contribution in [-0.4, -0.2) is 49.5 Å². The molecular formula is C23H22N6O4. The predicted octanol–water partition coefficient (Wildman–Crippen LogP) is 3.84. The van der Waals surface area contributed by atoms with Gasteiger partial charge in [0.05, 0.1) is 16.3 Å². The highest BCUT2D eigenvalue weighted by Gasteiger charge is 2.21. The van der Waals surface area contributed by atoms with Gasteiger partial charge < -0.3 is 9.42 Å². The third kappa shape index (κ3) is 4.79. The van der Waals surface area contributed by atoms with E-state index in [2.05, 4.69) is 15.5 Å². The fraction of sp³-hybridized carbons (Fsp3) is 0.217. The Bertz CT molecular complexity index is 1280. The third-order valence-corrected chi connectivity index (χ3v) is 5.27. The standard InChI is InChI=1S/C23H22N6O4/c1-16-22(24-26-28(16)18-10-6-11-19(14-18)29(31)32)23(30)27(2)13-7-12-20-15-21(25-33-20)17-8-4-3-5-9-17/h3-6,8-11,14-15H,7,12-13H2,1-2H3. The first kappa shape index (κ1) is 21.9. The van der Waals surface area contributed by atoms with Gasteiger partial charge in [0, 0.05) is 43.8 Å². The molecule has 2 heterocycles. The van der Waals surface area contributed by atoms with E-state index in [0.29, 0.717) is 30.8 Å². The maximum atomic E-state index is 12.9. The zero-order chi connectivity index (χ0) is 23.4. The summed E-state index contributed by atoms with van der Waals surface area (Å²) in [5, 5.41) is 23.2. The van der Waals surface area contributed by atoms with Crippen LogP contribution < -0.4 is 0 Å². The number of aromatic nitrogens is 4. The molecule has 0 N–H and O–H groups in total. The zero-order valence-corrected chi connectivity index (χ0v) is 18.2. The second-order valence-corrected chi connectivity index (χ2v) is 7.59. The topological polar surface area (TPSA) is 120 Å². The predicted molar refractivity (Wildman–Crippen MR) is 120 cm³/mol. The zero-order valence-electron chi connectivity index (χ0n) is 18.2. The molecule has 0 atom stereocenters. The van der Waals surface area contributed by atoms with Crippen molar-refractivity contribution < 1.29 is 14.2 Å². The fourth-order valence-electron chi connectivity index (χ4n) is 3.46. The second-order valence-electron chi connectivity index (χ2n) is 7.59. The highest BCUT2D eigenvalue weighted by molar-refractivity contribution is 5.93. The van der Waals surface area contributed by atoms with E-state index >= 15 is 0 Å². The molecule has 0 saturated heterocycles. The van der Waals surface area contributed by atoms with Gasteiger partial charge in [0.1, 0.15) is 11.5 Å². The number of nitro benzene ring substituents is 1. The van der Waals surface area contributed by atoms with Gasteiger partial charge in [0.15, 0.2) is 5.69 Å². The minimum absolute atomic E-state index is 0.0600.